The zero-order chi connectivity index (χ0) is 13.0. The summed E-state index contributed by atoms with van der Waals surface area (Å²) in [5, 5.41) is 8.60. The van der Waals surface area contributed by atoms with Crippen LogP contribution in [0, 0.1) is 6.92 Å². The van der Waals surface area contributed by atoms with E-state index in [9.17, 15) is 9.59 Å². The Kier molecular flexibility index (Phi) is 4.74. The maximum atomic E-state index is 12.0. The molecule has 0 aliphatic rings. The molecule has 0 aromatic carbocycles. The molecule has 6 heteroatoms. The lowest BCUT2D eigenvalue weighted by Crippen LogP contribution is -2.32. The first-order valence-electron chi connectivity index (χ1n) is 5.22. The number of carbonyl (C=O) groups excluding carboxylic acids is 1. The first-order valence-corrected chi connectivity index (χ1v) is 6.02. The zero-order valence-corrected chi connectivity index (χ0v) is 11.3. The van der Waals surface area contributed by atoms with E-state index in [-0.39, 0.29) is 24.6 Å². The Morgan fingerprint density at radius 3 is 2.59 bits per heavy atom. The normalized spacial score (nSPS) is 10.3. The van der Waals surface area contributed by atoms with Gasteiger partial charge in [0, 0.05) is 18.7 Å². The van der Waals surface area contributed by atoms with E-state index in [1.165, 1.54) is 4.90 Å². The van der Waals surface area contributed by atoms with Gasteiger partial charge in [0.2, 0.25) is 0 Å². The largest absolute Gasteiger partial charge is 0.481 e. The summed E-state index contributed by atoms with van der Waals surface area (Å²) in [6.07, 6.45) is -0.0689. The Hall–Kier alpha value is -1.30. The highest BCUT2D eigenvalue weighted by Gasteiger charge is 2.21. The van der Waals surface area contributed by atoms with Crippen molar-refractivity contribution in [3.05, 3.63) is 22.1 Å². The van der Waals surface area contributed by atoms with E-state index in [1.807, 2.05) is 0 Å². The SMILES string of the molecule is CCN(CCC(=O)O)C(=O)c1oc(Br)cc1C. The Morgan fingerprint density at radius 2 is 2.18 bits per heavy atom. The Labute approximate surface area is 108 Å². The molecular weight excluding hydrogens is 290 g/mol. The number of hydrogen-bond acceptors (Lipinski definition) is 3. The van der Waals surface area contributed by atoms with Gasteiger partial charge in [-0.2, -0.15) is 0 Å². The molecule has 0 saturated carbocycles. The number of aliphatic carboxylic acids is 1. The van der Waals surface area contributed by atoms with Crippen molar-refractivity contribution in [2.45, 2.75) is 20.3 Å². The number of carbonyl (C=O) groups is 2. The Balaban J connectivity index is 2.79. The van der Waals surface area contributed by atoms with Crippen molar-refractivity contribution < 1.29 is 19.1 Å². The molecule has 1 N–H and O–H groups in total. The molecule has 17 heavy (non-hydrogen) atoms. The van der Waals surface area contributed by atoms with Gasteiger partial charge in [0.1, 0.15) is 0 Å². The minimum atomic E-state index is -0.923. The molecule has 1 rings (SSSR count). The second-order valence-electron chi connectivity index (χ2n) is 3.59. The van der Waals surface area contributed by atoms with E-state index in [0.717, 1.165) is 5.56 Å². The number of carboxylic acids is 1. The number of hydrogen-bond donors (Lipinski definition) is 1. The lowest BCUT2D eigenvalue weighted by molar-refractivity contribution is -0.137. The van der Waals surface area contributed by atoms with Gasteiger partial charge >= 0.3 is 5.97 Å². The third kappa shape index (κ3) is 3.59. The van der Waals surface area contributed by atoms with Crippen molar-refractivity contribution in [1.29, 1.82) is 0 Å². The summed E-state index contributed by atoms with van der Waals surface area (Å²) in [7, 11) is 0. The maximum absolute atomic E-state index is 12.0. The van der Waals surface area contributed by atoms with Crippen molar-refractivity contribution >= 4 is 27.8 Å². The predicted octanol–water partition coefficient (Wildman–Crippen LogP) is 2.29. The highest BCUT2D eigenvalue weighted by molar-refractivity contribution is 9.10. The first-order chi connectivity index (χ1) is 7.95. The van der Waals surface area contributed by atoms with Gasteiger partial charge in [0.25, 0.3) is 5.91 Å². The standard InChI is InChI=1S/C11H14BrNO4/c1-3-13(5-4-9(14)15)11(16)10-7(2)6-8(12)17-10/h6H,3-5H2,1-2H3,(H,14,15). The summed E-state index contributed by atoms with van der Waals surface area (Å²) in [5.41, 5.74) is 0.732. The highest BCUT2D eigenvalue weighted by atomic mass is 79.9. The smallest absolute Gasteiger partial charge is 0.305 e. The Bertz CT molecular complexity index is 427. The van der Waals surface area contributed by atoms with Crippen LogP contribution in [0.4, 0.5) is 0 Å². The van der Waals surface area contributed by atoms with E-state index in [1.54, 1.807) is 19.9 Å². The lowest BCUT2D eigenvalue weighted by Gasteiger charge is -2.18. The molecule has 0 fully saturated rings. The fourth-order valence-corrected chi connectivity index (χ4v) is 1.94. The first kappa shape index (κ1) is 13.8. The van der Waals surface area contributed by atoms with Gasteiger partial charge in [-0.15, -0.1) is 0 Å². The van der Waals surface area contributed by atoms with E-state index < -0.39 is 5.97 Å². The number of nitrogens with zero attached hydrogens (tertiary/aromatic N) is 1. The predicted molar refractivity (Wildman–Crippen MR) is 65.0 cm³/mol. The van der Waals surface area contributed by atoms with Crippen LogP contribution in [-0.2, 0) is 4.79 Å². The molecule has 1 aromatic rings. The topological polar surface area (TPSA) is 70.8 Å². The molecule has 0 aliphatic carbocycles. The van der Waals surface area contributed by atoms with E-state index in [2.05, 4.69) is 15.9 Å². The summed E-state index contributed by atoms with van der Waals surface area (Å²) in [6.45, 7) is 4.20. The minimum absolute atomic E-state index is 0.0689. The van der Waals surface area contributed by atoms with E-state index in [4.69, 9.17) is 9.52 Å². The second-order valence-corrected chi connectivity index (χ2v) is 4.37. The van der Waals surface area contributed by atoms with Crippen LogP contribution in [-0.4, -0.2) is 35.0 Å². The average Bonchev–Trinajstić information content (AvgIpc) is 2.58. The number of amides is 1. The lowest BCUT2D eigenvalue weighted by atomic mass is 10.2. The fourth-order valence-electron chi connectivity index (χ4n) is 1.43. The summed E-state index contributed by atoms with van der Waals surface area (Å²) >= 11 is 3.15. The number of rotatable bonds is 5. The third-order valence-corrected chi connectivity index (χ3v) is 2.74. The van der Waals surface area contributed by atoms with Gasteiger partial charge in [-0.25, -0.2) is 0 Å². The third-order valence-electron chi connectivity index (χ3n) is 2.35. The second kappa shape index (κ2) is 5.86. The van der Waals surface area contributed by atoms with Gasteiger partial charge in [-0.1, -0.05) is 0 Å². The Morgan fingerprint density at radius 1 is 1.53 bits per heavy atom. The van der Waals surface area contributed by atoms with Crippen LogP contribution in [0.3, 0.4) is 0 Å². The van der Waals surface area contributed by atoms with Gasteiger partial charge in [-0.3, -0.25) is 9.59 Å². The summed E-state index contributed by atoms with van der Waals surface area (Å²) in [5.74, 6) is -0.949. The molecule has 0 saturated heterocycles. The van der Waals surface area contributed by atoms with Crippen LogP contribution in [0.25, 0.3) is 0 Å². The molecule has 0 radical (unpaired) electrons. The molecule has 94 valence electrons. The molecule has 0 atom stereocenters. The molecule has 1 aromatic heterocycles. The molecule has 0 bridgehead atoms. The van der Waals surface area contributed by atoms with Crippen LogP contribution in [0.1, 0.15) is 29.5 Å². The average molecular weight is 304 g/mol. The molecule has 5 nitrogen and oxygen atoms in total. The van der Waals surface area contributed by atoms with Crippen LogP contribution < -0.4 is 0 Å². The van der Waals surface area contributed by atoms with Crippen LogP contribution >= 0.6 is 15.9 Å². The van der Waals surface area contributed by atoms with Crippen molar-refractivity contribution in [1.82, 2.24) is 4.90 Å². The molecule has 0 aliphatic heterocycles. The molecule has 1 heterocycles. The molecule has 1 amide bonds. The molecular formula is C11H14BrNO4. The number of furan rings is 1. The summed E-state index contributed by atoms with van der Waals surface area (Å²) in [6, 6.07) is 1.71. The van der Waals surface area contributed by atoms with Crippen LogP contribution in [0.15, 0.2) is 15.2 Å². The van der Waals surface area contributed by atoms with Gasteiger partial charge in [0.15, 0.2) is 10.4 Å². The van der Waals surface area contributed by atoms with Crippen LogP contribution in [0.5, 0.6) is 0 Å². The van der Waals surface area contributed by atoms with Crippen molar-refractivity contribution in [3.63, 3.8) is 0 Å². The fraction of sp³-hybridized carbons (Fsp3) is 0.455. The summed E-state index contributed by atoms with van der Waals surface area (Å²) < 4.78 is 5.74. The number of halogens is 1. The molecule has 0 spiro atoms. The van der Waals surface area contributed by atoms with Crippen molar-refractivity contribution in [2.24, 2.45) is 0 Å². The number of carboxylic acid groups (broad SMARTS) is 1. The maximum Gasteiger partial charge on any atom is 0.305 e. The van der Waals surface area contributed by atoms with Gasteiger partial charge in [-0.05, 0) is 35.8 Å². The van der Waals surface area contributed by atoms with Crippen LogP contribution in [0.2, 0.25) is 0 Å². The highest BCUT2D eigenvalue weighted by Crippen LogP contribution is 2.21. The van der Waals surface area contributed by atoms with Gasteiger partial charge in [0.05, 0.1) is 6.42 Å². The van der Waals surface area contributed by atoms with Crippen molar-refractivity contribution in [2.75, 3.05) is 13.1 Å². The number of aryl methyl sites for hydroxylation is 1. The van der Waals surface area contributed by atoms with Gasteiger partial charge < -0.3 is 14.4 Å². The van der Waals surface area contributed by atoms with E-state index in [0.29, 0.717) is 11.2 Å². The summed E-state index contributed by atoms with van der Waals surface area (Å²) in [4.78, 5) is 24.0. The van der Waals surface area contributed by atoms with E-state index >= 15 is 0 Å². The van der Waals surface area contributed by atoms with Crippen molar-refractivity contribution in [3.8, 4) is 0 Å². The minimum Gasteiger partial charge on any atom is -0.481 e. The zero-order valence-electron chi connectivity index (χ0n) is 9.70. The molecule has 0 unspecified atom stereocenters. The monoisotopic (exact) mass is 303 g/mol. The quantitative estimate of drug-likeness (QED) is 0.906.